The lowest BCUT2D eigenvalue weighted by atomic mass is 9.81. The number of ether oxygens (including phenoxy) is 3. The van der Waals surface area contributed by atoms with Crippen molar-refractivity contribution in [2.75, 3.05) is 14.2 Å². The van der Waals surface area contributed by atoms with Gasteiger partial charge in [-0.2, -0.15) is 0 Å². The Balaban J connectivity index is 1.77. The summed E-state index contributed by atoms with van der Waals surface area (Å²) in [5.74, 6) is 0.0713. The molecular weight excluding hydrogens is 416 g/mol. The first-order valence-electron chi connectivity index (χ1n) is 9.78. The number of methoxy groups -OCH3 is 2. The Hall–Kier alpha value is -3.39. The van der Waals surface area contributed by atoms with E-state index in [1.165, 1.54) is 18.4 Å². The number of fused-ring (bicyclic) bond motifs is 6. The molecule has 0 fully saturated rings. The lowest BCUT2D eigenvalue weighted by Gasteiger charge is -2.44. The van der Waals surface area contributed by atoms with Crippen molar-refractivity contribution in [3.05, 3.63) is 79.3 Å². The molecule has 7 nitrogen and oxygen atoms in total. The van der Waals surface area contributed by atoms with E-state index in [1.807, 2.05) is 54.6 Å². The Kier molecular flexibility index (Phi) is 4.48. The highest BCUT2D eigenvalue weighted by atomic mass is 32.1. The van der Waals surface area contributed by atoms with Crippen LogP contribution in [-0.2, 0) is 9.53 Å². The van der Waals surface area contributed by atoms with Crippen molar-refractivity contribution >= 4 is 23.4 Å². The first-order valence-corrected chi connectivity index (χ1v) is 10.6. The number of hydrogen-bond donors (Lipinski definition) is 0. The number of nitrogens with zero attached hydrogens (tertiary/aromatic N) is 2. The molecule has 2 bridgehead atoms. The van der Waals surface area contributed by atoms with Crippen LogP contribution in [0, 0.1) is 5.92 Å². The van der Waals surface area contributed by atoms with Crippen LogP contribution in [0.5, 0.6) is 11.5 Å². The van der Waals surface area contributed by atoms with E-state index in [0.717, 1.165) is 11.1 Å². The zero-order chi connectivity index (χ0) is 21.8. The van der Waals surface area contributed by atoms with Gasteiger partial charge in [-0.15, -0.1) is 0 Å². The minimum Gasteiger partial charge on any atom is -0.497 e. The molecule has 0 aliphatic carbocycles. The van der Waals surface area contributed by atoms with E-state index in [4.69, 9.17) is 19.2 Å². The minimum absolute atomic E-state index is 0.204. The van der Waals surface area contributed by atoms with Crippen LogP contribution < -0.4 is 24.4 Å². The molecule has 158 valence electrons. The smallest absolute Gasteiger partial charge is 0.317 e. The van der Waals surface area contributed by atoms with Crippen molar-refractivity contribution in [1.29, 1.82) is 0 Å². The lowest BCUT2D eigenvalue weighted by molar-refractivity contribution is -0.158. The Morgan fingerprint density at radius 2 is 2.03 bits per heavy atom. The van der Waals surface area contributed by atoms with Crippen molar-refractivity contribution in [2.24, 2.45) is 10.9 Å². The second kappa shape index (κ2) is 7.09. The van der Waals surface area contributed by atoms with Crippen molar-refractivity contribution in [2.45, 2.75) is 18.7 Å². The van der Waals surface area contributed by atoms with Crippen LogP contribution in [0.1, 0.15) is 24.1 Å². The van der Waals surface area contributed by atoms with Gasteiger partial charge in [0.05, 0.1) is 24.8 Å². The fourth-order valence-corrected chi connectivity index (χ4v) is 5.41. The van der Waals surface area contributed by atoms with Crippen LogP contribution in [0.25, 0.3) is 6.08 Å². The van der Waals surface area contributed by atoms with Gasteiger partial charge in [-0.1, -0.05) is 41.7 Å². The van der Waals surface area contributed by atoms with Crippen LogP contribution in [0.15, 0.2) is 58.3 Å². The predicted molar refractivity (Wildman–Crippen MR) is 115 cm³/mol. The summed E-state index contributed by atoms with van der Waals surface area (Å²) in [6.45, 7) is 1.76. The number of hydrogen-bond acceptors (Lipinski definition) is 7. The van der Waals surface area contributed by atoms with E-state index in [0.29, 0.717) is 20.8 Å². The summed E-state index contributed by atoms with van der Waals surface area (Å²) >= 11 is 1.28. The normalized spacial score (nSPS) is 23.8. The third-order valence-corrected chi connectivity index (χ3v) is 6.71. The van der Waals surface area contributed by atoms with E-state index in [9.17, 15) is 9.59 Å². The predicted octanol–water partition coefficient (Wildman–Crippen LogP) is 1.87. The van der Waals surface area contributed by atoms with Crippen LogP contribution in [-0.4, -0.2) is 30.5 Å². The summed E-state index contributed by atoms with van der Waals surface area (Å²) in [6.07, 6.45) is 1.81. The molecule has 0 N–H and O–H groups in total. The molecule has 31 heavy (non-hydrogen) atoms. The second-order valence-corrected chi connectivity index (χ2v) is 8.61. The van der Waals surface area contributed by atoms with Gasteiger partial charge >= 0.3 is 5.97 Å². The summed E-state index contributed by atoms with van der Waals surface area (Å²) in [4.78, 5) is 31.5. The highest BCUT2D eigenvalue weighted by Gasteiger charge is 2.55. The molecule has 0 saturated carbocycles. The topological polar surface area (TPSA) is 79.1 Å². The number of benzene rings is 2. The molecule has 3 aromatic rings. The summed E-state index contributed by atoms with van der Waals surface area (Å²) in [5.41, 5.74) is 0.228. The highest BCUT2D eigenvalue weighted by molar-refractivity contribution is 7.07. The zero-order valence-corrected chi connectivity index (χ0v) is 18.0. The third kappa shape index (κ3) is 2.97. The second-order valence-electron chi connectivity index (χ2n) is 7.60. The summed E-state index contributed by atoms with van der Waals surface area (Å²) in [7, 11) is 2.93. The Bertz CT molecular complexity index is 1380. The van der Waals surface area contributed by atoms with Gasteiger partial charge in [0.2, 0.25) is 5.72 Å². The maximum atomic E-state index is 13.5. The van der Waals surface area contributed by atoms with Crippen molar-refractivity contribution < 1.29 is 19.0 Å². The largest absolute Gasteiger partial charge is 0.497 e. The molecule has 2 aromatic carbocycles. The number of rotatable bonds is 3. The van der Waals surface area contributed by atoms with E-state index in [1.54, 1.807) is 18.6 Å². The molecule has 8 heteroatoms. The number of carbonyl (C=O) groups excluding carboxylic acids is 1. The molecule has 2 aliphatic heterocycles. The fraction of sp³-hybridized carbons (Fsp3) is 0.261. The molecule has 0 saturated heterocycles. The van der Waals surface area contributed by atoms with Gasteiger partial charge in [0.25, 0.3) is 5.56 Å². The summed E-state index contributed by atoms with van der Waals surface area (Å²) < 4.78 is 18.6. The molecule has 3 heterocycles. The van der Waals surface area contributed by atoms with Crippen LogP contribution in [0.2, 0.25) is 0 Å². The maximum Gasteiger partial charge on any atom is 0.317 e. The molecule has 0 spiro atoms. The Morgan fingerprint density at radius 3 is 2.81 bits per heavy atom. The molecule has 2 aliphatic rings. The molecule has 0 amide bonds. The standard InChI is InChI=1S/C23H20N2O5S/c1-23-18(21(27)29-3)19(15-9-4-5-10-16(15)30-23)25-20(26)17(31-22(25)24-23)12-13-7-6-8-14(11-13)28-2/h4-12,18-19H,1-3H3/b17-12+/t18-,19+,23+/m1/s1. The van der Waals surface area contributed by atoms with Gasteiger partial charge in [-0.05, 0) is 36.8 Å². The monoisotopic (exact) mass is 436 g/mol. The number of para-hydroxylation sites is 1. The van der Waals surface area contributed by atoms with Gasteiger partial charge in [-0.3, -0.25) is 14.2 Å². The van der Waals surface area contributed by atoms with Gasteiger partial charge in [0.1, 0.15) is 17.4 Å². The molecule has 1 aromatic heterocycles. The number of aromatic nitrogens is 1. The average molecular weight is 436 g/mol. The average Bonchev–Trinajstić information content (AvgIpc) is 3.06. The first-order chi connectivity index (χ1) is 14.9. The van der Waals surface area contributed by atoms with Gasteiger partial charge < -0.3 is 14.2 Å². The summed E-state index contributed by atoms with van der Waals surface area (Å²) in [5, 5.41) is 0. The fourth-order valence-electron chi connectivity index (χ4n) is 4.31. The van der Waals surface area contributed by atoms with Crippen LogP contribution in [0.3, 0.4) is 0 Å². The quantitative estimate of drug-likeness (QED) is 0.586. The molecule has 0 unspecified atom stereocenters. The summed E-state index contributed by atoms with van der Waals surface area (Å²) in [6, 6.07) is 14.3. The van der Waals surface area contributed by atoms with Gasteiger partial charge in [0, 0.05) is 5.56 Å². The Labute approximate surface area is 181 Å². The third-order valence-electron chi connectivity index (χ3n) is 5.73. The number of carbonyl (C=O) groups is 1. The molecule has 3 atom stereocenters. The van der Waals surface area contributed by atoms with Crippen molar-refractivity contribution in [1.82, 2.24) is 4.57 Å². The van der Waals surface area contributed by atoms with Gasteiger partial charge in [0.15, 0.2) is 4.80 Å². The number of esters is 1. The van der Waals surface area contributed by atoms with Crippen LogP contribution >= 0.6 is 11.3 Å². The first kappa shape index (κ1) is 19.6. The SMILES string of the molecule is COC(=O)[C@H]1[C@@H]2c3ccccc3O[C@]1(C)N=c1s/c(=C/c3cccc(OC)c3)c(=O)n12. The molecular formula is C23H20N2O5S. The molecule has 5 rings (SSSR count). The zero-order valence-electron chi connectivity index (χ0n) is 17.2. The maximum absolute atomic E-state index is 13.5. The number of thiazole rings is 1. The van der Waals surface area contributed by atoms with Crippen molar-refractivity contribution in [3.8, 4) is 11.5 Å². The lowest BCUT2D eigenvalue weighted by Crippen LogP contribution is -2.58. The van der Waals surface area contributed by atoms with E-state index >= 15 is 0 Å². The Morgan fingerprint density at radius 1 is 1.23 bits per heavy atom. The van der Waals surface area contributed by atoms with Gasteiger partial charge in [-0.25, -0.2) is 4.99 Å². The van der Waals surface area contributed by atoms with E-state index < -0.39 is 23.7 Å². The molecule has 0 radical (unpaired) electrons. The minimum atomic E-state index is -1.17. The van der Waals surface area contributed by atoms with Crippen LogP contribution in [0.4, 0.5) is 0 Å². The van der Waals surface area contributed by atoms with E-state index in [2.05, 4.69) is 0 Å². The highest BCUT2D eigenvalue weighted by Crippen LogP contribution is 2.47. The van der Waals surface area contributed by atoms with E-state index in [-0.39, 0.29) is 5.56 Å². The van der Waals surface area contributed by atoms with Crippen molar-refractivity contribution in [3.63, 3.8) is 0 Å².